The highest BCUT2D eigenvalue weighted by molar-refractivity contribution is 5.81. The van der Waals surface area contributed by atoms with Gasteiger partial charge in [0, 0.05) is 32.6 Å². The Kier molecular flexibility index (Phi) is 12.3. The monoisotopic (exact) mass is 383 g/mol. The summed E-state index contributed by atoms with van der Waals surface area (Å²) >= 11 is 0. The van der Waals surface area contributed by atoms with Crippen LogP contribution in [0.4, 0.5) is 0 Å². The number of carbonyl (C=O) groups is 2. The summed E-state index contributed by atoms with van der Waals surface area (Å²) in [6.45, 7) is 9.75. The van der Waals surface area contributed by atoms with Crippen LogP contribution in [0, 0.1) is 5.92 Å². The van der Waals surface area contributed by atoms with E-state index in [-0.39, 0.29) is 17.9 Å². The average molecular weight is 384 g/mol. The van der Waals surface area contributed by atoms with Crippen LogP contribution in [0.3, 0.4) is 0 Å². The Bertz CT molecular complexity index is 468. The molecule has 0 radical (unpaired) electrons. The molecule has 1 aliphatic rings. The standard InChI is InChI=1S/C20H37N3O4/c1-4-21-20(22-14-10-8-7-9-13-18(24)26-5-2)23-15-11-12-17(16-23)19(25)27-6-3/h17H,4-16H2,1-3H3,(H,21,22). The molecule has 1 fully saturated rings. The molecule has 0 saturated carbocycles. The number of hydrogen-bond donors (Lipinski definition) is 1. The molecular weight excluding hydrogens is 346 g/mol. The summed E-state index contributed by atoms with van der Waals surface area (Å²) in [6.07, 6.45) is 6.29. The van der Waals surface area contributed by atoms with Gasteiger partial charge in [0.2, 0.25) is 0 Å². The smallest absolute Gasteiger partial charge is 0.310 e. The van der Waals surface area contributed by atoms with Gasteiger partial charge in [-0.15, -0.1) is 0 Å². The zero-order valence-electron chi connectivity index (χ0n) is 17.3. The molecule has 1 aliphatic heterocycles. The maximum absolute atomic E-state index is 12.0. The Morgan fingerprint density at radius 1 is 1.07 bits per heavy atom. The third-order valence-corrected chi connectivity index (χ3v) is 4.53. The fraction of sp³-hybridized carbons (Fsp3) is 0.850. The van der Waals surface area contributed by atoms with Crippen molar-refractivity contribution in [3.05, 3.63) is 0 Å². The molecule has 1 unspecified atom stereocenters. The number of guanidine groups is 1. The summed E-state index contributed by atoms with van der Waals surface area (Å²) in [7, 11) is 0. The van der Waals surface area contributed by atoms with Crippen LogP contribution in [0.2, 0.25) is 0 Å². The minimum Gasteiger partial charge on any atom is -0.466 e. The first kappa shape index (κ1) is 23.2. The second kappa shape index (κ2) is 14.3. The molecule has 0 aromatic carbocycles. The summed E-state index contributed by atoms with van der Waals surface area (Å²) in [5.74, 6) is 0.620. The van der Waals surface area contributed by atoms with Crippen LogP contribution in [-0.4, -0.2) is 62.2 Å². The van der Waals surface area contributed by atoms with Crippen LogP contribution < -0.4 is 5.32 Å². The third-order valence-electron chi connectivity index (χ3n) is 4.53. The molecule has 1 heterocycles. The fourth-order valence-corrected chi connectivity index (χ4v) is 3.20. The Morgan fingerprint density at radius 3 is 2.52 bits per heavy atom. The number of rotatable bonds is 11. The summed E-state index contributed by atoms with van der Waals surface area (Å²) in [5, 5.41) is 3.34. The number of hydrogen-bond acceptors (Lipinski definition) is 5. The van der Waals surface area contributed by atoms with Gasteiger partial charge in [-0.1, -0.05) is 12.8 Å². The number of esters is 2. The van der Waals surface area contributed by atoms with Crippen molar-refractivity contribution in [2.45, 2.75) is 65.7 Å². The number of nitrogens with one attached hydrogen (secondary N) is 1. The number of nitrogens with zero attached hydrogens (tertiary/aromatic N) is 2. The Hall–Kier alpha value is -1.79. The number of likely N-dealkylation sites (tertiary alicyclic amines) is 1. The van der Waals surface area contributed by atoms with E-state index in [4.69, 9.17) is 14.5 Å². The molecule has 156 valence electrons. The SMILES string of the molecule is CCNC(=NCCCCCCC(=O)OCC)N1CCCC(C(=O)OCC)C1. The van der Waals surface area contributed by atoms with Crippen molar-refractivity contribution in [1.29, 1.82) is 0 Å². The van der Waals surface area contributed by atoms with E-state index >= 15 is 0 Å². The van der Waals surface area contributed by atoms with E-state index in [2.05, 4.69) is 17.1 Å². The molecule has 7 heteroatoms. The van der Waals surface area contributed by atoms with Crippen LogP contribution >= 0.6 is 0 Å². The molecule has 7 nitrogen and oxygen atoms in total. The predicted octanol–water partition coefficient (Wildman–Crippen LogP) is 2.74. The van der Waals surface area contributed by atoms with E-state index in [0.29, 0.717) is 26.2 Å². The van der Waals surface area contributed by atoms with Gasteiger partial charge in [-0.3, -0.25) is 14.6 Å². The van der Waals surface area contributed by atoms with E-state index in [9.17, 15) is 9.59 Å². The zero-order valence-corrected chi connectivity index (χ0v) is 17.3. The minimum atomic E-state index is -0.105. The molecule has 27 heavy (non-hydrogen) atoms. The topological polar surface area (TPSA) is 80.2 Å². The van der Waals surface area contributed by atoms with Crippen molar-refractivity contribution >= 4 is 17.9 Å². The molecule has 0 spiro atoms. The van der Waals surface area contributed by atoms with E-state index in [1.807, 2.05) is 13.8 Å². The highest BCUT2D eigenvalue weighted by Crippen LogP contribution is 2.18. The van der Waals surface area contributed by atoms with Gasteiger partial charge in [0.1, 0.15) is 0 Å². The molecule has 0 aromatic rings. The molecule has 1 N–H and O–H groups in total. The van der Waals surface area contributed by atoms with Crippen LogP contribution in [0.5, 0.6) is 0 Å². The molecule has 0 amide bonds. The van der Waals surface area contributed by atoms with Crippen molar-refractivity contribution in [1.82, 2.24) is 10.2 Å². The van der Waals surface area contributed by atoms with E-state index in [0.717, 1.165) is 64.1 Å². The lowest BCUT2D eigenvalue weighted by molar-refractivity contribution is -0.149. The van der Waals surface area contributed by atoms with Crippen molar-refractivity contribution in [2.24, 2.45) is 10.9 Å². The first-order chi connectivity index (χ1) is 13.1. The highest BCUT2D eigenvalue weighted by atomic mass is 16.5. The number of unbranched alkanes of at least 4 members (excludes halogenated alkanes) is 3. The van der Waals surface area contributed by atoms with Gasteiger partial charge in [-0.25, -0.2) is 0 Å². The van der Waals surface area contributed by atoms with Crippen molar-refractivity contribution < 1.29 is 19.1 Å². The third kappa shape index (κ3) is 9.63. The van der Waals surface area contributed by atoms with Gasteiger partial charge < -0.3 is 19.7 Å². The Balaban J connectivity index is 2.36. The van der Waals surface area contributed by atoms with Gasteiger partial charge in [-0.05, 0) is 46.5 Å². The summed E-state index contributed by atoms with van der Waals surface area (Å²) in [6, 6.07) is 0. The minimum absolute atomic E-state index is 0.0644. The van der Waals surface area contributed by atoms with E-state index < -0.39 is 0 Å². The van der Waals surface area contributed by atoms with Crippen LogP contribution in [0.1, 0.15) is 65.7 Å². The lowest BCUT2D eigenvalue weighted by Gasteiger charge is -2.34. The quantitative estimate of drug-likeness (QED) is 0.256. The predicted molar refractivity (Wildman–Crippen MR) is 107 cm³/mol. The van der Waals surface area contributed by atoms with Gasteiger partial charge in [0.15, 0.2) is 5.96 Å². The molecule has 1 rings (SSSR count). The molecule has 0 bridgehead atoms. The van der Waals surface area contributed by atoms with Gasteiger partial charge in [0.25, 0.3) is 0 Å². The number of carbonyl (C=O) groups excluding carboxylic acids is 2. The molecule has 1 atom stereocenters. The maximum Gasteiger partial charge on any atom is 0.310 e. The first-order valence-electron chi connectivity index (χ1n) is 10.5. The largest absolute Gasteiger partial charge is 0.466 e. The van der Waals surface area contributed by atoms with Crippen molar-refractivity contribution in [3.63, 3.8) is 0 Å². The highest BCUT2D eigenvalue weighted by Gasteiger charge is 2.28. The van der Waals surface area contributed by atoms with Gasteiger partial charge in [0.05, 0.1) is 19.1 Å². The molecule has 0 aliphatic carbocycles. The van der Waals surface area contributed by atoms with E-state index in [1.165, 1.54) is 0 Å². The number of piperidine rings is 1. The second-order valence-electron chi connectivity index (χ2n) is 6.74. The van der Waals surface area contributed by atoms with Crippen LogP contribution in [-0.2, 0) is 19.1 Å². The molecule has 1 saturated heterocycles. The average Bonchev–Trinajstić information content (AvgIpc) is 2.67. The molecule has 0 aromatic heterocycles. The lowest BCUT2D eigenvalue weighted by Crippen LogP contribution is -2.48. The summed E-state index contributed by atoms with van der Waals surface area (Å²) in [5.41, 5.74) is 0. The Morgan fingerprint density at radius 2 is 1.81 bits per heavy atom. The van der Waals surface area contributed by atoms with E-state index in [1.54, 1.807) is 0 Å². The lowest BCUT2D eigenvalue weighted by atomic mass is 9.98. The van der Waals surface area contributed by atoms with Gasteiger partial charge in [-0.2, -0.15) is 0 Å². The summed E-state index contributed by atoms with van der Waals surface area (Å²) < 4.78 is 10.1. The first-order valence-corrected chi connectivity index (χ1v) is 10.5. The second-order valence-corrected chi connectivity index (χ2v) is 6.74. The van der Waals surface area contributed by atoms with Crippen molar-refractivity contribution in [3.8, 4) is 0 Å². The van der Waals surface area contributed by atoms with Crippen molar-refractivity contribution in [2.75, 3.05) is 39.4 Å². The normalized spacial score (nSPS) is 17.5. The van der Waals surface area contributed by atoms with Gasteiger partial charge >= 0.3 is 11.9 Å². The van der Waals surface area contributed by atoms with Crippen LogP contribution in [0.25, 0.3) is 0 Å². The Labute approximate surface area is 163 Å². The number of ether oxygens (including phenoxy) is 2. The zero-order chi connectivity index (χ0) is 19.9. The molecular formula is C20H37N3O4. The maximum atomic E-state index is 12.0. The number of aliphatic imine (C=N–C) groups is 1. The fourth-order valence-electron chi connectivity index (χ4n) is 3.20. The summed E-state index contributed by atoms with van der Waals surface area (Å²) in [4.78, 5) is 30.2. The van der Waals surface area contributed by atoms with Crippen LogP contribution in [0.15, 0.2) is 4.99 Å².